The molecule has 0 aromatic heterocycles. The van der Waals surface area contributed by atoms with Crippen molar-refractivity contribution in [1.29, 1.82) is 0 Å². The first kappa shape index (κ1) is 14.0. The Kier molecular flexibility index (Phi) is 7.75. The first-order valence-electron chi connectivity index (χ1n) is 3.08. The molecule has 0 saturated heterocycles. The standard InChI is InChI=1S/C6H9Cl3O.H2O/c1-2-3-4-5(10)6(7,8)9;/h2-4H2,1H3;1H2. The van der Waals surface area contributed by atoms with Crippen molar-refractivity contribution >= 4 is 40.6 Å². The molecule has 0 aliphatic heterocycles. The predicted molar refractivity (Wildman–Crippen MR) is 48.4 cm³/mol. The Bertz CT molecular complexity index is 119. The maximum absolute atomic E-state index is 10.8. The molecule has 0 rings (SSSR count). The Morgan fingerprint density at radius 2 is 1.82 bits per heavy atom. The van der Waals surface area contributed by atoms with Gasteiger partial charge >= 0.3 is 0 Å². The van der Waals surface area contributed by atoms with Crippen LogP contribution in [0.15, 0.2) is 0 Å². The summed E-state index contributed by atoms with van der Waals surface area (Å²) in [6.45, 7) is 1.98. The van der Waals surface area contributed by atoms with Crippen LogP contribution < -0.4 is 0 Å². The molecule has 68 valence electrons. The number of carbonyl (C=O) groups is 1. The van der Waals surface area contributed by atoms with Gasteiger partial charge in [0.15, 0.2) is 5.78 Å². The monoisotopic (exact) mass is 220 g/mol. The minimum Gasteiger partial charge on any atom is -0.412 e. The molecule has 0 amide bonds. The molecule has 0 fully saturated rings. The highest BCUT2D eigenvalue weighted by atomic mass is 35.6. The van der Waals surface area contributed by atoms with Crippen LogP contribution in [0.5, 0.6) is 0 Å². The van der Waals surface area contributed by atoms with Gasteiger partial charge < -0.3 is 5.48 Å². The van der Waals surface area contributed by atoms with Crippen molar-refractivity contribution in [2.75, 3.05) is 0 Å². The van der Waals surface area contributed by atoms with Crippen molar-refractivity contribution in [3.63, 3.8) is 0 Å². The zero-order valence-corrected chi connectivity index (χ0v) is 8.43. The molecular formula is C6H11Cl3O2. The number of alkyl halides is 3. The number of halogens is 3. The molecule has 0 aromatic carbocycles. The molecule has 0 aliphatic rings. The van der Waals surface area contributed by atoms with Gasteiger partial charge in [0, 0.05) is 6.42 Å². The van der Waals surface area contributed by atoms with E-state index >= 15 is 0 Å². The quantitative estimate of drug-likeness (QED) is 0.675. The van der Waals surface area contributed by atoms with E-state index in [4.69, 9.17) is 34.8 Å². The van der Waals surface area contributed by atoms with Gasteiger partial charge in [-0.3, -0.25) is 4.79 Å². The Labute approximate surface area is 81.1 Å². The molecule has 2 N–H and O–H groups in total. The highest BCUT2D eigenvalue weighted by molar-refractivity contribution is 6.76. The van der Waals surface area contributed by atoms with Crippen molar-refractivity contribution < 1.29 is 10.3 Å². The van der Waals surface area contributed by atoms with Crippen molar-refractivity contribution in [2.45, 2.75) is 30.0 Å². The lowest BCUT2D eigenvalue weighted by molar-refractivity contribution is -0.118. The molecule has 11 heavy (non-hydrogen) atoms. The lowest BCUT2D eigenvalue weighted by Gasteiger charge is -2.07. The first-order chi connectivity index (χ1) is 4.48. The van der Waals surface area contributed by atoms with Gasteiger partial charge in [-0.25, -0.2) is 0 Å². The van der Waals surface area contributed by atoms with E-state index in [1.165, 1.54) is 0 Å². The van der Waals surface area contributed by atoms with Crippen LogP contribution in [0.2, 0.25) is 0 Å². The summed E-state index contributed by atoms with van der Waals surface area (Å²) in [5.74, 6) is -0.320. The van der Waals surface area contributed by atoms with Gasteiger partial charge in [0.2, 0.25) is 3.79 Å². The minimum absolute atomic E-state index is 0. The lowest BCUT2D eigenvalue weighted by Crippen LogP contribution is -2.17. The largest absolute Gasteiger partial charge is 0.412 e. The van der Waals surface area contributed by atoms with Crippen LogP contribution in [0.1, 0.15) is 26.2 Å². The van der Waals surface area contributed by atoms with Crippen LogP contribution in [0.3, 0.4) is 0 Å². The molecule has 2 nitrogen and oxygen atoms in total. The van der Waals surface area contributed by atoms with E-state index in [1.807, 2.05) is 6.92 Å². The van der Waals surface area contributed by atoms with Gasteiger partial charge in [0.1, 0.15) is 0 Å². The fraction of sp³-hybridized carbons (Fsp3) is 0.833. The minimum atomic E-state index is -1.71. The number of hydrogen-bond acceptors (Lipinski definition) is 1. The van der Waals surface area contributed by atoms with Gasteiger partial charge in [-0.2, -0.15) is 0 Å². The summed E-state index contributed by atoms with van der Waals surface area (Å²) < 4.78 is -1.71. The number of Topliss-reactive ketones (excluding diaryl/α,β-unsaturated/α-hetero) is 1. The van der Waals surface area contributed by atoms with E-state index in [1.54, 1.807) is 0 Å². The number of carbonyl (C=O) groups excluding carboxylic acids is 1. The SMILES string of the molecule is CCCCC(=O)C(Cl)(Cl)Cl.O. The lowest BCUT2D eigenvalue weighted by atomic mass is 10.2. The summed E-state index contributed by atoms with van der Waals surface area (Å²) in [5, 5.41) is 0. The van der Waals surface area contributed by atoms with E-state index in [2.05, 4.69) is 0 Å². The molecule has 0 unspecified atom stereocenters. The molecule has 0 saturated carbocycles. The Morgan fingerprint density at radius 3 is 2.09 bits per heavy atom. The highest BCUT2D eigenvalue weighted by Gasteiger charge is 2.28. The summed E-state index contributed by atoms with van der Waals surface area (Å²) in [4.78, 5) is 10.8. The zero-order valence-electron chi connectivity index (χ0n) is 6.16. The summed E-state index contributed by atoms with van der Waals surface area (Å²) in [5.41, 5.74) is 0. The second kappa shape index (κ2) is 6.06. The van der Waals surface area contributed by atoms with E-state index in [0.29, 0.717) is 6.42 Å². The third-order valence-corrected chi connectivity index (χ3v) is 1.71. The maximum atomic E-state index is 10.8. The van der Waals surface area contributed by atoms with Crippen LogP contribution in [-0.4, -0.2) is 15.1 Å². The van der Waals surface area contributed by atoms with Gasteiger partial charge in [-0.05, 0) is 6.42 Å². The molecule has 0 bridgehead atoms. The van der Waals surface area contributed by atoms with Gasteiger partial charge in [0.05, 0.1) is 0 Å². The van der Waals surface area contributed by atoms with E-state index in [-0.39, 0.29) is 11.3 Å². The normalized spacial score (nSPS) is 10.5. The summed E-state index contributed by atoms with van der Waals surface area (Å²) in [7, 11) is 0. The molecule has 0 spiro atoms. The Morgan fingerprint density at radius 1 is 1.36 bits per heavy atom. The number of hydrogen-bond donors (Lipinski definition) is 0. The summed E-state index contributed by atoms with van der Waals surface area (Å²) >= 11 is 15.9. The number of rotatable bonds is 3. The van der Waals surface area contributed by atoms with Gasteiger partial charge in [-0.15, -0.1) is 0 Å². The van der Waals surface area contributed by atoms with Crippen molar-refractivity contribution in [1.82, 2.24) is 0 Å². The topological polar surface area (TPSA) is 48.6 Å². The average Bonchev–Trinajstić information content (AvgIpc) is 1.80. The molecule has 0 aliphatic carbocycles. The molecule has 0 atom stereocenters. The van der Waals surface area contributed by atoms with E-state index < -0.39 is 3.79 Å². The van der Waals surface area contributed by atoms with Crippen LogP contribution in [-0.2, 0) is 4.79 Å². The van der Waals surface area contributed by atoms with Crippen LogP contribution in [0, 0.1) is 0 Å². The van der Waals surface area contributed by atoms with Gasteiger partial charge in [0.25, 0.3) is 0 Å². The summed E-state index contributed by atoms with van der Waals surface area (Å²) in [6.07, 6.45) is 2.08. The van der Waals surface area contributed by atoms with Crippen LogP contribution >= 0.6 is 34.8 Å². The summed E-state index contributed by atoms with van der Waals surface area (Å²) in [6, 6.07) is 0. The second-order valence-corrected chi connectivity index (χ2v) is 4.31. The zero-order chi connectivity index (χ0) is 8.20. The fourth-order valence-corrected chi connectivity index (χ4v) is 0.763. The van der Waals surface area contributed by atoms with Crippen LogP contribution in [0.25, 0.3) is 0 Å². The smallest absolute Gasteiger partial charge is 0.248 e. The van der Waals surface area contributed by atoms with Crippen molar-refractivity contribution in [2.24, 2.45) is 0 Å². The Balaban J connectivity index is 0. The van der Waals surface area contributed by atoms with Gasteiger partial charge in [-0.1, -0.05) is 48.1 Å². The molecule has 0 radical (unpaired) electrons. The predicted octanol–water partition coefficient (Wildman–Crippen LogP) is 2.29. The van der Waals surface area contributed by atoms with Crippen LogP contribution in [0.4, 0.5) is 0 Å². The number of ketones is 1. The average molecular weight is 222 g/mol. The number of unbranched alkanes of at least 4 members (excludes halogenated alkanes) is 1. The molecule has 0 heterocycles. The third-order valence-electron chi connectivity index (χ3n) is 1.07. The molecular weight excluding hydrogens is 210 g/mol. The van der Waals surface area contributed by atoms with E-state index in [9.17, 15) is 4.79 Å². The third kappa shape index (κ3) is 6.88. The fourth-order valence-electron chi connectivity index (χ4n) is 0.479. The highest BCUT2D eigenvalue weighted by Crippen LogP contribution is 2.28. The second-order valence-electron chi connectivity index (χ2n) is 2.02. The van der Waals surface area contributed by atoms with Crippen molar-refractivity contribution in [3.8, 4) is 0 Å². The Hall–Kier alpha value is 0.500. The maximum Gasteiger partial charge on any atom is 0.248 e. The van der Waals surface area contributed by atoms with E-state index in [0.717, 1.165) is 12.8 Å². The first-order valence-corrected chi connectivity index (χ1v) is 4.22. The molecule has 5 heteroatoms. The molecule has 0 aromatic rings. The van der Waals surface area contributed by atoms with Crippen molar-refractivity contribution in [3.05, 3.63) is 0 Å².